The fourth-order valence-corrected chi connectivity index (χ4v) is 4.43. The van der Waals surface area contributed by atoms with Crippen LogP contribution in [0.15, 0.2) is 24.3 Å². The number of amides is 1. The summed E-state index contributed by atoms with van der Waals surface area (Å²) in [5.41, 5.74) is 0.433. The molecule has 0 radical (unpaired) electrons. The maximum absolute atomic E-state index is 11.9. The van der Waals surface area contributed by atoms with Crippen molar-refractivity contribution in [1.29, 1.82) is 0 Å². The van der Waals surface area contributed by atoms with Crippen LogP contribution >= 0.6 is 15.2 Å². The molecule has 0 saturated heterocycles. The lowest BCUT2D eigenvalue weighted by atomic mass is 10.2. The third-order valence-electron chi connectivity index (χ3n) is 3.76. The molecular formula is C14H23NO9P2. The number of nitrogens with one attached hydrogen (secondary N) is 1. The molecule has 1 aromatic carbocycles. The number of hydrogen-bond acceptors (Lipinski definition) is 5. The van der Waals surface area contributed by atoms with Gasteiger partial charge in [-0.2, -0.15) is 0 Å². The van der Waals surface area contributed by atoms with Gasteiger partial charge in [0.15, 0.2) is 0 Å². The van der Waals surface area contributed by atoms with Crippen LogP contribution in [0.2, 0.25) is 0 Å². The van der Waals surface area contributed by atoms with Crippen molar-refractivity contribution in [2.75, 3.05) is 13.7 Å². The molecule has 1 amide bonds. The van der Waals surface area contributed by atoms with Crippen LogP contribution in [0.25, 0.3) is 0 Å². The van der Waals surface area contributed by atoms with Gasteiger partial charge in [0.1, 0.15) is 5.75 Å². The molecule has 26 heavy (non-hydrogen) atoms. The number of hydrogen-bond donors (Lipinski definition) is 6. The summed E-state index contributed by atoms with van der Waals surface area (Å²) in [5, 5.41) is 8.98. The predicted octanol–water partition coefficient (Wildman–Crippen LogP) is 0.987. The lowest BCUT2D eigenvalue weighted by Crippen LogP contribution is -2.28. The first-order valence-corrected chi connectivity index (χ1v) is 10.9. The molecule has 0 saturated carbocycles. The molecule has 0 atom stereocenters. The summed E-state index contributed by atoms with van der Waals surface area (Å²) < 4.78 is 27.4. The number of carbonyl (C=O) groups excluding carboxylic acids is 1. The number of rotatable bonds is 10. The van der Waals surface area contributed by atoms with Gasteiger partial charge in [-0.3, -0.25) is 13.9 Å². The Morgan fingerprint density at radius 2 is 1.58 bits per heavy atom. The van der Waals surface area contributed by atoms with Gasteiger partial charge in [0.2, 0.25) is 0 Å². The van der Waals surface area contributed by atoms with E-state index < -0.39 is 26.7 Å². The average molecular weight is 411 g/mol. The van der Waals surface area contributed by atoms with Crippen LogP contribution in [0.4, 0.5) is 0 Å². The fraction of sp³-hybridized carbons (Fsp3) is 0.500. The standard InChI is InChI=1S/C14H23NO9P2/c1-24-12-7-5-11(6-8-12)13(16)15-10-4-2-3-9-14(17,25(18,19)20)26(21,22)23/h5-8,17H,2-4,9-10H2,1H3,(H,15,16)(H2,18,19,20)(H2,21,22,23). The molecule has 0 heterocycles. The first-order chi connectivity index (χ1) is 11.9. The maximum atomic E-state index is 11.9. The quantitative estimate of drug-likeness (QED) is 0.242. The second-order valence-corrected chi connectivity index (χ2v) is 9.67. The Balaban J connectivity index is 2.41. The van der Waals surface area contributed by atoms with Gasteiger partial charge in [-0.1, -0.05) is 6.42 Å². The van der Waals surface area contributed by atoms with Crippen LogP contribution in [0, 0.1) is 0 Å². The van der Waals surface area contributed by atoms with Gasteiger partial charge < -0.3 is 34.7 Å². The lowest BCUT2D eigenvalue weighted by molar-refractivity contribution is 0.0952. The molecule has 0 unspecified atom stereocenters. The molecule has 148 valence electrons. The lowest BCUT2D eigenvalue weighted by Gasteiger charge is -2.29. The first-order valence-electron chi connectivity index (χ1n) is 7.68. The molecule has 1 rings (SSSR count). The Morgan fingerprint density at radius 1 is 1.04 bits per heavy atom. The van der Waals surface area contributed by atoms with E-state index in [2.05, 4.69) is 5.32 Å². The van der Waals surface area contributed by atoms with Gasteiger partial charge in [0.05, 0.1) is 7.11 Å². The minimum Gasteiger partial charge on any atom is -0.497 e. The zero-order chi connectivity index (χ0) is 20.0. The van der Waals surface area contributed by atoms with E-state index >= 15 is 0 Å². The smallest absolute Gasteiger partial charge is 0.369 e. The fourth-order valence-electron chi connectivity index (χ4n) is 2.17. The highest BCUT2D eigenvalue weighted by Gasteiger charge is 2.58. The van der Waals surface area contributed by atoms with Gasteiger partial charge in [0.25, 0.3) is 11.0 Å². The van der Waals surface area contributed by atoms with Crippen molar-refractivity contribution in [3.8, 4) is 5.75 Å². The number of ether oxygens (including phenoxy) is 1. The van der Waals surface area contributed by atoms with Crippen molar-refractivity contribution >= 4 is 21.1 Å². The molecular weight excluding hydrogens is 388 g/mol. The molecule has 0 aliphatic carbocycles. The average Bonchev–Trinajstić information content (AvgIpc) is 2.55. The molecule has 6 N–H and O–H groups in total. The predicted molar refractivity (Wildman–Crippen MR) is 92.8 cm³/mol. The molecule has 0 fully saturated rings. The SMILES string of the molecule is COc1ccc(C(=O)NCCCCCC(O)(P(=O)(O)O)P(=O)(O)O)cc1. The van der Waals surface area contributed by atoms with Crippen LogP contribution in [0.1, 0.15) is 36.0 Å². The van der Waals surface area contributed by atoms with Crippen LogP contribution < -0.4 is 10.1 Å². The topological polar surface area (TPSA) is 174 Å². The Kier molecular flexibility index (Phi) is 7.98. The zero-order valence-electron chi connectivity index (χ0n) is 14.1. The Bertz CT molecular complexity index is 673. The normalized spacial score (nSPS) is 12.7. The summed E-state index contributed by atoms with van der Waals surface area (Å²) in [6.45, 7) is 0.259. The Labute approximate surface area is 150 Å². The summed E-state index contributed by atoms with van der Waals surface area (Å²) in [6.07, 6.45) is -0.0927. The monoisotopic (exact) mass is 411 g/mol. The van der Waals surface area contributed by atoms with Gasteiger partial charge in [-0.15, -0.1) is 0 Å². The van der Waals surface area contributed by atoms with E-state index in [9.17, 15) is 19.0 Å². The summed E-state index contributed by atoms with van der Waals surface area (Å²) in [7, 11) is -9.32. The highest BCUT2D eigenvalue weighted by Crippen LogP contribution is 2.69. The van der Waals surface area contributed by atoms with Crippen LogP contribution in [-0.2, 0) is 9.13 Å². The summed E-state index contributed by atoms with van der Waals surface area (Å²) in [5.74, 6) is 0.304. The molecule has 0 spiro atoms. The molecule has 12 heteroatoms. The molecule has 0 bridgehead atoms. The van der Waals surface area contributed by atoms with E-state index in [0.717, 1.165) is 0 Å². The number of carbonyl (C=O) groups is 1. The van der Waals surface area contributed by atoms with Crippen molar-refractivity contribution in [2.24, 2.45) is 0 Å². The Morgan fingerprint density at radius 3 is 2.04 bits per heavy atom. The van der Waals surface area contributed by atoms with Gasteiger partial charge in [-0.25, -0.2) is 0 Å². The largest absolute Gasteiger partial charge is 0.497 e. The molecule has 0 aromatic heterocycles. The third-order valence-corrected chi connectivity index (χ3v) is 7.64. The van der Waals surface area contributed by atoms with E-state index in [1.165, 1.54) is 7.11 Å². The molecule has 1 aromatic rings. The summed E-state index contributed by atoms with van der Waals surface area (Å²) >= 11 is 0. The zero-order valence-corrected chi connectivity index (χ0v) is 15.9. The highest BCUT2D eigenvalue weighted by molar-refractivity contribution is 7.72. The molecule has 0 aliphatic rings. The number of aliphatic hydroxyl groups is 1. The van der Waals surface area contributed by atoms with E-state index in [1.807, 2.05) is 0 Å². The van der Waals surface area contributed by atoms with E-state index in [0.29, 0.717) is 24.2 Å². The van der Waals surface area contributed by atoms with Crippen LogP contribution in [-0.4, -0.2) is 49.3 Å². The van der Waals surface area contributed by atoms with Crippen molar-refractivity contribution in [3.05, 3.63) is 29.8 Å². The minimum absolute atomic E-state index is 0.0366. The third kappa shape index (κ3) is 5.89. The second kappa shape index (κ2) is 9.10. The first kappa shape index (κ1) is 22.8. The van der Waals surface area contributed by atoms with E-state index in [1.54, 1.807) is 24.3 Å². The van der Waals surface area contributed by atoms with Crippen molar-refractivity contribution < 1.29 is 43.3 Å². The minimum atomic E-state index is -5.41. The van der Waals surface area contributed by atoms with E-state index in [4.69, 9.17) is 24.3 Å². The second-order valence-electron chi connectivity index (χ2n) is 5.66. The van der Waals surface area contributed by atoms with Gasteiger partial charge in [-0.05, 0) is 43.5 Å². The number of methoxy groups -OCH3 is 1. The van der Waals surface area contributed by atoms with Crippen LogP contribution in [0.3, 0.4) is 0 Å². The Hall–Kier alpha value is -1.25. The van der Waals surface area contributed by atoms with Crippen molar-refractivity contribution in [1.82, 2.24) is 5.32 Å². The van der Waals surface area contributed by atoms with Crippen molar-refractivity contribution in [3.63, 3.8) is 0 Å². The molecule has 10 nitrogen and oxygen atoms in total. The van der Waals surface area contributed by atoms with Crippen molar-refractivity contribution in [2.45, 2.75) is 30.8 Å². The van der Waals surface area contributed by atoms with Crippen LogP contribution in [0.5, 0.6) is 5.75 Å². The highest BCUT2D eigenvalue weighted by atomic mass is 31.2. The molecule has 0 aliphatic heterocycles. The van der Waals surface area contributed by atoms with E-state index in [-0.39, 0.29) is 18.9 Å². The number of unbranched alkanes of at least 4 members (excludes halogenated alkanes) is 2. The summed E-state index contributed by atoms with van der Waals surface area (Å²) in [4.78, 5) is 48.0. The summed E-state index contributed by atoms with van der Waals surface area (Å²) in [6, 6.07) is 6.46. The number of benzene rings is 1. The maximum Gasteiger partial charge on any atom is 0.369 e. The van der Waals surface area contributed by atoms with Gasteiger partial charge in [0, 0.05) is 12.1 Å². The van der Waals surface area contributed by atoms with Gasteiger partial charge >= 0.3 is 15.2 Å².